The number of rotatable bonds is 4. The summed E-state index contributed by atoms with van der Waals surface area (Å²) < 4.78 is 0. The van der Waals surface area contributed by atoms with Gasteiger partial charge >= 0.3 is 0 Å². The van der Waals surface area contributed by atoms with Crippen molar-refractivity contribution in [3.05, 3.63) is 46.9 Å². The first-order valence-corrected chi connectivity index (χ1v) is 7.50. The van der Waals surface area contributed by atoms with Crippen molar-refractivity contribution in [3.63, 3.8) is 0 Å². The zero-order chi connectivity index (χ0) is 15.7. The van der Waals surface area contributed by atoms with Crippen LogP contribution in [0.25, 0.3) is 10.9 Å². The number of anilines is 2. The minimum Gasteiger partial charge on any atom is -0.384 e. The van der Waals surface area contributed by atoms with Crippen molar-refractivity contribution in [2.24, 2.45) is 0 Å². The summed E-state index contributed by atoms with van der Waals surface area (Å²) in [4.78, 5) is 11.6. The van der Waals surface area contributed by atoms with Crippen LogP contribution in [0.1, 0.15) is 29.3 Å². The molecule has 5 nitrogen and oxygen atoms in total. The lowest BCUT2D eigenvalue weighted by Crippen LogP contribution is -2.03. The van der Waals surface area contributed by atoms with Gasteiger partial charge in [-0.05, 0) is 37.5 Å². The summed E-state index contributed by atoms with van der Waals surface area (Å²) >= 11 is 0. The molecule has 0 bridgehead atoms. The molecule has 0 aliphatic carbocycles. The number of aromatic nitrogens is 3. The summed E-state index contributed by atoms with van der Waals surface area (Å²) in [6, 6.07) is 6.19. The molecule has 3 aromatic rings. The fourth-order valence-electron chi connectivity index (χ4n) is 2.86. The van der Waals surface area contributed by atoms with Crippen LogP contribution < -0.4 is 11.1 Å². The van der Waals surface area contributed by atoms with E-state index in [-0.39, 0.29) is 0 Å². The van der Waals surface area contributed by atoms with Gasteiger partial charge in [0, 0.05) is 23.7 Å². The number of benzene rings is 1. The quantitative estimate of drug-likeness (QED) is 0.689. The zero-order valence-electron chi connectivity index (χ0n) is 13.2. The van der Waals surface area contributed by atoms with Gasteiger partial charge in [-0.25, -0.2) is 9.97 Å². The molecule has 0 aliphatic rings. The van der Waals surface area contributed by atoms with Gasteiger partial charge in [-0.1, -0.05) is 18.6 Å². The molecule has 0 spiro atoms. The standard InChI is InChI=1S/C17H21N5/c1-4-14-11(3)13-6-10(2)5-12(17(13)22-14)8-19-16-7-15(18)20-9-21-16/h5-7,9,22H,4,8H2,1-3H3,(H3,18,19,20,21). The van der Waals surface area contributed by atoms with Gasteiger partial charge in [-0.2, -0.15) is 0 Å². The van der Waals surface area contributed by atoms with Crippen molar-refractivity contribution in [1.82, 2.24) is 15.0 Å². The monoisotopic (exact) mass is 295 g/mol. The van der Waals surface area contributed by atoms with E-state index in [9.17, 15) is 0 Å². The summed E-state index contributed by atoms with van der Waals surface area (Å²) in [6.45, 7) is 7.17. The van der Waals surface area contributed by atoms with Crippen molar-refractivity contribution in [3.8, 4) is 0 Å². The van der Waals surface area contributed by atoms with E-state index in [1.807, 2.05) is 0 Å². The summed E-state index contributed by atoms with van der Waals surface area (Å²) in [6.07, 6.45) is 2.48. The van der Waals surface area contributed by atoms with Crippen LogP contribution in [0, 0.1) is 13.8 Å². The normalized spacial score (nSPS) is 11.0. The molecular weight excluding hydrogens is 274 g/mol. The van der Waals surface area contributed by atoms with E-state index >= 15 is 0 Å². The smallest absolute Gasteiger partial charge is 0.131 e. The van der Waals surface area contributed by atoms with Crippen LogP contribution in [-0.2, 0) is 13.0 Å². The van der Waals surface area contributed by atoms with Crippen LogP contribution in [-0.4, -0.2) is 15.0 Å². The number of hydrogen-bond donors (Lipinski definition) is 3. The second-order valence-electron chi connectivity index (χ2n) is 5.61. The molecule has 0 aliphatic heterocycles. The highest BCUT2D eigenvalue weighted by atomic mass is 15.0. The summed E-state index contributed by atoms with van der Waals surface area (Å²) in [5.41, 5.74) is 12.0. The number of nitrogens with one attached hydrogen (secondary N) is 2. The molecule has 0 amide bonds. The number of nitrogens with two attached hydrogens (primary N) is 1. The maximum Gasteiger partial charge on any atom is 0.131 e. The van der Waals surface area contributed by atoms with Crippen molar-refractivity contribution < 1.29 is 0 Å². The van der Waals surface area contributed by atoms with E-state index in [4.69, 9.17) is 5.73 Å². The average molecular weight is 295 g/mol. The molecular formula is C17H21N5. The van der Waals surface area contributed by atoms with Crippen LogP contribution in [0.3, 0.4) is 0 Å². The van der Waals surface area contributed by atoms with Crippen LogP contribution >= 0.6 is 0 Å². The second-order valence-corrected chi connectivity index (χ2v) is 5.61. The molecule has 114 valence electrons. The second kappa shape index (κ2) is 5.67. The van der Waals surface area contributed by atoms with E-state index < -0.39 is 0 Å². The lowest BCUT2D eigenvalue weighted by Gasteiger charge is -2.08. The number of H-pyrrole nitrogens is 1. The van der Waals surface area contributed by atoms with Crippen molar-refractivity contribution in [2.45, 2.75) is 33.7 Å². The van der Waals surface area contributed by atoms with Gasteiger partial charge in [0.25, 0.3) is 0 Å². The highest BCUT2D eigenvalue weighted by molar-refractivity contribution is 5.88. The first kappa shape index (κ1) is 14.4. The van der Waals surface area contributed by atoms with Crippen LogP contribution in [0.15, 0.2) is 24.5 Å². The molecule has 4 N–H and O–H groups in total. The van der Waals surface area contributed by atoms with Gasteiger partial charge in [-0.15, -0.1) is 0 Å². The maximum atomic E-state index is 5.69. The lowest BCUT2D eigenvalue weighted by atomic mass is 10.0. The van der Waals surface area contributed by atoms with E-state index in [1.54, 1.807) is 6.07 Å². The Morgan fingerprint density at radius 3 is 2.73 bits per heavy atom. The van der Waals surface area contributed by atoms with Gasteiger partial charge in [0.2, 0.25) is 0 Å². The lowest BCUT2D eigenvalue weighted by molar-refractivity contribution is 1.04. The van der Waals surface area contributed by atoms with Crippen LogP contribution in [0.4, 0.5) is 11.6 Å². The third-order valence-corrected chi connectivity index (χ3v) is 4.00. The topological polar surface area (TPSA) is 79.6 Å². The van der Waals surface area contributed by atoms with Crippen molar-refractivity contribution in [2.75, 3.05) is 11.1 Å². The maximum absolute atomic E-state index is 5.69. The summed E-state index contributed by atoms with van der Waals surface area (Å²) in [5, 5.41) is 4.62. The minimum atomic E-state index is 0.468. The molecule has 2 heterocycles. The number of aromatic amines is 1. The highest BCUT2D eigenvalue weighted by Crippen LogP contribution is 2.27. The highest BCUT2D eigenvalue weighted by Gasteiger charge is 2.11. The number of aryl methyl sites for hydroxylation is 3. The summed E-state index contributed by atoms with van der Waals surface area (Å²) in [5.74, 6) is 1.21. The molecule has 0 saturated carbocycles. The largest absolute Gasteiger partial charge is 0.384 e. The van der Waals surface area contributed by atoms with E-state index in [1.165, 1.54) is 39.6 Å². The molecule has 0 atom stereocenters. The third-order valence-electron chi connectivity index (χ3n) is 4.00. The molecule has 5 heteroatoms. The van der Waals surface area contributed by atoms with Crippen molar-refractivity contribution >= 4 is 22.5 Å². The molecule has 0 saturated heterocycles. The number of nitrogens with zero attached hydrogens (tertiary/aromatic N) is 2. The Morgan fingerprint density at radius 2 is 2.00 bits per heavy atom. The van der Waals surface area contributed by atoms with Gasteiger partial charge in [-0.3, -0.25) is 0 Å². The SMILES string of the molecule is CCc1[nH]c2c(CNc3cc(N)ncn3)cc(C)cc2c1C. The first-order chi connectivity index (χ1) is 10.6. The zero-order valence-corrected chi connectivity index (χ0v) is 13.2. The Morgan fingerprint density at radius 1 is 1.18 bits per heavy atom. The molecule has 1 aromatic carbocycles. The fourth-order valence-corrected chi connectivity index (χ4v) is 2.86. The Balaban J connectivity index is 1.96. The molecule has 2 aromatic heterocycles. The minimum absolute atomic E-state index is 0.468. The Bertz CT molecular complexity index is 819. The Labute approximate surface area is 130 Å². The van der Waals surface area contributed by atoms with E-state index in [0.717, 1.165) is 12.2 Å². The Kier molecular flexibility index (Phi) is 3.71. The van der Waals surface area contributed by atoms with Gasteiger partial charge in [0.15, 0.2) is 0 Å². The molecule has 22 heavy (non-hydrogen) atoms. The molecule has 3 rings (SSSR count). The van der Waals surface area contributed by atoms with E-state index in [0.29, 0.717) is 12.4 Å². The average Bonchev–Trinajstić information content (AvgIpc) is 2.82. The van der Waals surface area contributed by atoms with Gasteiger partial charge < -0.3 is 16.0 Å². The number of hydrogen-bond acceptors (Lipinski definition) is 4. The predicted molar refractivity (Wildman–Crippen MR) is 90.9 cm³/mol. The van der Waals surface area contributed by atoms with Crippen LogP contribution in [0.2, 0.25) is 0 Å². The summed E-state index contributed by atoms with van der Waals surface area (Å²) in [7, 11) is 0. The van der Waals surface area contributed by atoms with Gasteiger partial charge in [0.05, 0.1) is 5.52 Å². The molecule has 0 fully saturated rings. The predicted octanol–water partition coefficient (Wildman–Crippen LogP) is 3.33. The van der Waals surface area contributed by atoms with Crippen LogP contribution in [0.5, 0.6) is 0 Å². The molecule has 0 unspecified atom stereocenters. The fraction of sp³-hybridized carbons (Fsp3) is 0.294. The third kappa shape index (κ3) is 2.62. The first-order valence-electron chi connectivity index (χ1n) is 7.50. The Hall–Kier alpha value is -2.56. The van der Waals surface area contributed by atoms with E-state index in [2.05, 4.69) is 53.2 Å². The number of fused-ring (bicyclic) bond motifs is 1. The number of nitrogen functional groups attached to an aromatic ring is 1. The molecule has 0 radical (unpaired) electrons. The van der Waals surface area contributed by atoms with Crippen molar-refractivity contribution in [1.29, 1.82) is 0 Å². The van der Waals surface area contributed by atoms with Gasteiger partial charge in [0.1, 0.15) is 18.0 Å².